The quantitative estimate of drug-likeness (QED) is 0.388. The third kappa shape index (κ3) is 4.75. The van der Waals surface area contributed by atoms with Crippen LogP contribution in [0.4, 0.5) is 5.13 Å². The lowest BCUT2D eigenvalue weighted by atomic mass is 9.99. The Hall–Kier alpha value is -2.86. The number of anilines is 1. The summed E-state index contributed by atoms with van der Waals surface area (Å²) in [4.78, 5) is 22.3. The first-order valence-corrected chi connectivity index (χ1v) is 14.2. The zero-order valence-corrected chi connectivity index (χ0v) is 22.2. The third-order valence-electron chi connectivity index (χ3n) is 8.15. The number of likely N-dealkylation sites (tertiary alicyclic amines) is 1. The van der Waals surface area contributed by atoms with Crippen LogP contribution in [0.2, 0.25) is 0 Å². The number of hydrogen-bond donors (Lipinski definition) is 0. The van der Waals surface area contributed by atoms with Gasteiger partial charge in [-0.2, -0.15) is 0 Å². The standard InChI is InChI=1S/C30H35N3O2S/c1-20-5-10-28(35-18-25-9-8-24(14-21(25)2)29(34)32-11-3-4-12-32)26(13-20)27-19-36-30(31-27)33-16-22-6-7-23(15-22)17-33/h5,8-10,13-14,19,22-23H,3-4,6-7,11-12,15-18H2,1-2H3. The van der Waals surface area contributed by atoms with E-state index in [2.05, 4.69) is 42.3 Å². The van der Waals surface area contributed by atoms with Gasteiger partial charge in [0.1, 0.15) is 12.4 Å². The Labute approximate surface area is 218 Å². The number of fused-ring (bicyclic) bond motifs is 2. The third-order valence-corrected chi connectivity index (χ3v) is 9.05. The molecule has 3 aliphatic rings. The van der Waals surface area contributed by atoms with Gasteiger partial charge < -0.3 is 14.5 Å². The molecular formula is C30H35N3O2S. The number of hydrogen-bond acceptors (Lipinski definition) is 5. The van der Waals surface area contributed by atoms with Crippen molar-refractivity contribution in [2.45, 2.75) is 52.6 Å². The van der Waals surface area contributed by atoms with Gasteiger partial charge in [0, 0.05) is 42.7 Å². The Morgan fingerprint density at radius 1 is 1.06 bits per heavy atom. The van der Waals surface area contributed by atoms with Crippen molar-refractivity contribution in [3.8, 4) is 17.0 Å². The number of thiazole rings is 1. The van der Waals surface area contributed by atoms with Gasteiger partial charge in [-0.25, -0.2) is 4.98 Å². The van der Waals surface area contributed by atoms with Crippen LogP contribution in [0.3, 0.4) is 0 Å². The summed E-state index contributed by atoms with van der Waals surface area (Å²) in [5, 5.41) is 3.32. The molecule has 6 heteroatoms. The van der Waals surface area contributed by atoms with E-state index in [1.54, 1.807) is 11.3 Å². The van der Waals surface area contributed by atoms with E-state index in [0.29, 0.717) is 6.61 Å². The van der Waals surface area contributed by atoms with E-state index in [0.717, 1.165) is 89.7 Å². The lowest BCUT2D eigenvalue weighted by Gasteiger charge is -2.31. The van der Waals surface area contributed by atoms with Crippen molar-refractivity contribution in [2.75, 3.05) is 31.1 Å². The smallest absolute Gasteiger partial charge is 0.253 e. The molecule has 0 radical (unpaired) electrons. The van der Waals surface area contributed by atoms with Gasteiger partial charge in [0.25, 0.3) is 5.91 Å². The van der Waals surface area contributed by atoms with E-state index < -0.39 is 0 Å². The molecule has 0 N–H and O–H groups in total. The average molecular weight is 502 g/mol. The van der Waals surface area contributed by atoms with Crippen molar-refractivity contribution in [2.24, 2.45) is 11.8 Å². The minimum atomic E-state index is 0.143. The van der Waals surface area contributed by atoms with E-state index in [4.69, 9.17) is 9.72 Å². The molecule has 3 heterocycles. The van der Waals surface area contributed by atoms with E-state index in [1.165, 1.54) is 24.8 Å². The maximum atomic E-state index is 12.8. The maximum Gasteiger partial charge on any atom is 0.253 e. The van der Waals surface area contributed by atoms with Crippen LogP contribution < -0.4 is 9.64 Å². The van der Waals surface area contributed by atoms with Crippen LogP contribution in [-0.4, -0.2) is 42.0 Å². The molecule has 1 aromatic heterocycles. The van der Waals surface area contributed by atoms with Crippen molar-refractivity contribution in [1.82, 2.24) is 9.88 Å². The second kappa shape index (κ2) is 9.89. The van der Waals surface area contributed by atoms with E-state index in [1.807, 2.05) is 23.1 Å². The molecular weight excluding hydrogens is 466 g/mol. The van der Waals surface area contributed by atoms with Crippen LogP contribution in [0.15, 0.2) is 41.8 Å². The highest BCUT2D eigenvalue weighted by Gasteiger charge is 2.34. The van der Waals surface area contributed by atoms with Gasteiger partial charge in [-0.3, -0.25) is 4.79 Å². The number of ether oxygens (including phenoxy) is 1. The fourth-order valence-electron chi connectivity index (χ4n) is 6.12. The number of nitrogens with zero attached hydrogens (tertiary/aromatic N) is 3. The van der Waals surface area contributed by atoms with Gasteiger partial charge in [-0.1, -0.05) is 17.7 Å². The summed E-state index contributed by atoms with van der Waals surface area (Å²) in [5.74, 6) is 2.68. The normalized spacial score (nSPS) is 21.3. The highest BCUT2D eigenvalue weighted by molar-refractivity contribution is 7.14. The summed E-state index contributed by atoms with van der Waals surface area (Å²) in [6.07, 6.45) is 6.37. The first kappa shape index (κ1) is 23.5. The van der Waals surface area contributed by atoms with Crippen molar-refractivity contribution < 1.29 is 9.53 Å². The van der Waals surface area contributed by atoms with E-state index in [-0.39, 0.29) is 5.91 Å². The highest BCUT2D eigenvalue weighted by Crippen LogP contribution is 2.40. The maximum absolute atomic E-state index is 12.8. The number of piperidine rings is 1. The van der Waals surface area contributed by atoms with Crippen molar-refractivity contribution >= 4 is 22.4 Å². The molecule has 2 saturated heterocycles. The van der Waals surface area contributed by atoms with Crippen LogP contribution >= 0.6 is 11.3 Å². The van der Waals surface area contributed by atoms with Crippen LogP contribution in [-0.2, 0) is 6.61 Å². The number of rotatable bonds is 6. The van der Waals surface area contributed by atoms with Crippen LogP contribution in [0.5, 0.6) is 5.75 Å². The SMILES string of the molecule is Cc1ccc(OCc2ccc(C(=O)N3CCCC3)cc2C)c(-c2csc(N3CC4CCC(C4)C3)n2)c1. The Balaban J connectivity index is 1.18. The molecule has 3 aromatic rings. The Bertz CT molecular complexity index is 1250. The molecule has 2 atom stereocenters. The van der Waals surface area contributed by atoms with Crippen LogP contribution in [0, 0.1) is 25.7 Å². The molecule has 2 aromatic carbocycles. The molecule has 3 fully saturated rings. The van der Waals surface area contributed by atoms with E-state index in [9.17, 15) is 4.79 Å². The van der Waals surface area contributed by atoms with Gasteiger partial charge in [-0.05, 0) is 93.2 Å². The number of carbonyl (C=O) groups is 1. The van der Waals surface area contributed by atoms with Crippen molar-refractivity contribution in [3.63, 3.8) is 0 Å². The monoisotopic (exact) mass is 501 g/mol. The number of aryl methyl sites for hydroxylation is 2. The topological polar surface area (TPSA) is 45.7 Å². The zero-order chi connectivity index (χ0) is 24.6. The lowest BCUT2D eigenvalue weighted by molar-refractivity contribution is 0.0792. The molecule has 188 valence electrons. The van der Waals surface area contributed by atoms with Crippen LogP contribution in [0.25, 0.3) is 11.3 Å². The van der Waals surface area contributed by atoms with E-state index >= 15 is 0 Å². The lowest BCUT2D eigenvalue weighted by Crippen LogP contribution is -2.36. The van der Waals surface area contributed by atoms with Gasteiger partial charge >= 0.3 is 0 Å². The first-order chi connectivity index (χ1) is 17.5. The molecule has 0 spiro atoms. The number of benzene rings is 2. The summed E-state index contributed by atoms with van der Waals surface area (Å²) in [7, 11) is 0. The summed E-state index contributed by atoms with van der Waals surface area (Å²) < 4.78 is 6.37. The predicted octanol–water partition coefficient (Wildman–Crippen LogP) is 6.48. The second-order valence-electron chi connectivity index (χ2n) is 10.9. The van der Waals surface area contributed by atoms with Gasteiger partial charge in [0.2, 0.25) is 0 Å². The van der Waals surface area contributed by atoms with Crippen LogP contribution in [0.1, 0.15) is 59.2 Å². The Morgan fingerprint density at radius 3 is 2.58 bits per heavy atom. The van der Waals surface area contributed by atoms with Gasteiger partial charge in [-0.15, -0.1) is 11.3 Å². The highest BCUT2D eigenvalue weighted by atomic mass is 32.1. The fraction of sp³-hybridized carbons (Fsp3) is 0.467. The number of carbonyl (C=O) groups excluding carboxylic acids is 1. The summed E-state index contributed by atoms with van der Waals surface area (Å²) in [5.41, 5.74) is 6.21. The molecule has 1 aliphatic carbocycles. The summed E-state index contributed by atoms with van der Waals surface area (Å²) in [6.45, 7) is 8.68. The summed E-state index contributed by atoms with van der Waals surface area (Å²) >= 11 is 1.75. The Morgan fingerprint density at radius 2 is 1.83 bits per heavy atom. The van der Waals surface area contributed by atoms with Crippen molar-refractivity contribution in [3.05, 3.63) is 64.0 Å². The molecule has 1 saturated carbocycles. The minimum Gasteiger partial charge on any atom is -0.488 e. The molecule has 1 amide bonds. The van der Waals surface area contributed by atoms with Gasteiger partial charge in [0.05, 0.1) is 5.69 Å². The zero-order valence-electron chi connectivity index (χ0n) is 21.3. The fourth-order valence-corrected chi connectivity index (χ4v) is 6.96. The molecule has 2 bridgehead atoms. The first-order valence-electron chi connectivity index (χ1n) is 13.4. The second-order valence-corrected chi connectivity index (χ2v) is 11.7. The molecule has 6 rings (SSSR count). The number of aromatic nitrogens is 1. The van der Waals surface area contributed by atoms with Crippen molar-refractivity contribution in [1.29, 1.82) is 0 Å². The number of amides is 1. The largest absolute Gasteiger partial charge is 0.488 e. The minimum absolute atomic E-state index is 0.143. The summed E-state index contributed by atoms with van der Waals surface area (Å²) in [6, 6.07) is 12.3. The molecule has 36 heavy (non-hydrogen) atoms. The molecule has 2 unspecified atom stereocenters. The van der Waals surface area contributed by atoms with Gasteiger partial charge in [0.15, 0.2) is 5.13 Å². The average Bonchev–Trinajstić information content (AvgIpc) is 3.65. The Kier molecular flexibility index (Phi) is 6.46. The predicted molar refractivity (Wildman–Crippen MR) is 146 cm³/mol. The molecule has 2 aliphatic heterocycles. The molecule has 5 nitrogen and oxygen atoms in total.